The van der Waals surface area contributed by atoms with Crippen LogP contribution in [-0.2, 0) is 17.8 Å². The average molecular weight is 536 g/mol. The van der Waals surface area contributed by atoms with E-state index < -0.39 is 5.82 Å². The number of rotatable bonds is 7. The van der Waals surface area contributed by atoms with Gasteiger partial charge in [-0.05, 0) is 50.0 Å². The van der Waals surface area contributed by atoms with Gasteiger partial charge in [0.1, 0.15) is 5.75 Å². The Bertz CT molecular complexity index is 1250. The van der Waals surface area contributed by atoms with Gasteiger partial charge in [-0.25, -0.2) is 9.37 Å². The molecule has 0 radical (unpaired) electrons. The number of likely N-dealkylation sites (tertiary alicyclic amines) is 1. The van der Waals surface area contributed by atoms with Crippen LogP contribution in [0.15, 0.2) is 30.5 Å². The molecule has 2 aromatic heterocycles. The summed E-state index contributed by atoms with van der Waals surface area (Å²) in [5.74, 6) is -0.00649. The topological polar surface area (TPSA) is 88.6 Å². The number of nitrogens with one attached hydrogen (secondary N) is 2. The van der Waals surface area contributed by atoms with Gasteiger partial charge in [-0.3, -0.25) is 9.78 Å². The molecule has 36 heavy (non-hydrogen) atoms. The first-order chi connectivity index (χ1) is 17.0. The molecule has 0 spiro atoms. The first-order valence-corrected chi connectivity index (χ1v) is 12.1. The van der Waals surface area contributed by atoms with Crippen molar-refractivity contribution in [3.63, 3.8) is 0 Å². The fraction of sp³-hybridized carbons (Fsp3) is 0.400. The Morgan fingerprint density at radius 2 is 2.11 bits per heavy atom. The number of pyridine rings is 2. The third-order valence-electron chi connectivity index (χ3n) is 6.55. The van der Waals surface area contributed by atoms with Crippen molar-refractivity contribution in [3.05, 3.63) is 52.4 Å². The molecular weight excluding hydrogens is 508 g/mol. The van der Waals surface area contributed by atoms with Gasteiger partial charge in [0.2, 0.25) is 0 Å². The summed E-state index contributed by atoms with van der Waals surface area (Å²) in [5.41, 5.74) is 3.75. The fourth-order valence-corrected chi connectivity index (χ4v) is 4.85. The number of fused-ring (bicyclic) bond motifs is 2. The van der Waals surface area contributed by atoms with E-state index in [1.165, 1.54) is 13.2 Å². The Kier molecular flexibility index (Phi) is 8.46. The number of benzene rings is 1. The molecule has 1 fully saturated rings. The number of methoxy groups -OCH3 is 1. The highest BCUT2D eigenvalue weighted by Gasteiger charge is 2.21. The summed E-state index contributed by atoms with van der Waals surface area (Å²) >= 11 is 6.43. The first kappa shape index (κ1) is 26.3. The predicted octanol–water partition coefficient (Wildman–Crippen LogP) is 3.98. The number of amides is 1. The number of ether oxygens (including phenoxy) is 2. The normalized spacial score (nSPS) is 16.1. The summed E-state index contributed by atoms with van der Waals surface area (Å²) < 4.78 is 24.5. The minimum atomic E-state index is -0.538. The van der Waals surface area contributed by atoms with E-state index in [2.05, 4.69) is 25.5 Å². The number of nitrogens with zero attached hydrogens (tertiary/aromatic N) is 3. The second-order valence-electron chi connectivity index (χ2n) is 8.85. The van der Waals surface area contributed by atoms with Gasteiger partial charge in [0, 0.05) is 37.0 Å². The Labute approximate surface area is 219 Å². The molecular formula is C25H28Cl2FN5O3. The van der Waals surface area contributed by atoms with Crippen molar-refractivity contribution in [3.8, 4) is 11.6 Å². The van der Waals surface area contributed by atoms with E-state index in [0.717, 1.165) is 55.8 Å². The summed E-state index contributed by atoms with van der Waals surface area (Å²) in [4.78, 5) is 22.5. The van der Waals surface area contributed by atoms with Crippen molar-refractivity contribution < 1.29 is 18.7 Å². The lowest BCUT2D eigenvalue weighted by Gasteiger charge is -2.32. The zero-order valence-corrected chi connectivity index (χ0v) is 21.4. The molecule has 1 saturated heterocycles. The highest BCUT2D eigenvalue weighted by atomic mass is 35.5. The van der Waals surface area contributed by atoms with Crippen molar-refractivity contribution in [2.45, 2.75) is 31.8 Å². The van der Waals surface area contributed by atoms with Gasteiger partial charge >= 0.3 is 0 Å². The molecule has 0 unspecified atom stereocenters. The molecule has 1 aromatic carbocycles. The first-order valence-electron chi connectivity index (χ1n) is 11.7. The summed E-state index contributed by atoms with van der Waals surface area (Å²) in [6, 6.07) is 7.65. The standard InChI is InChI=1S/C25H27ClFN5O3.ClH/c1-34-25-19(27)11-21-24(31-25)17(18(26)13-29-21)6-9-32-7-4-16(5-8-32)28-12-15-2-3-22-20(10-15)30-23(33)14-35-22;/h2-3,10-11,13,16,28H,4-9,12,14H2,1H3,(H,30,33);1H. The minimum absolute atomic E-state index is 0. The molecule has 192 valence electrons. The summed E-state index contributed by atoms with van der Waals surface area (Å²) in [6.45, 7) is 3.57. The van der Waals surface area contributed by atoms with E-state index >= 15 is 0 Å². The van der Waals surface area contributed by atoms with Crippen LogP contribution in [0.5, 0.6) is 11.6 Å². The van der Waals surface area contributed by atoms with Crippen molar-refractivity contribution >= 4 is 46.6 Å². The summed E-state index contributed by atoms with van der Waals surface area (Å²) in [5, 5.41) is 7.02. The molecule has 1 amide bonds. The number of anilines is 1. The second kappa shape index (κ2) is 11.6. The van der Waals surface area contributed by atoms with Gasteiger partial charge in [0.05, 0.1) is 28.9 Å². The summed E-state index contributed by atoms with van der Waals surface area (Å²) in [7, 11) is 1.39. The van der Waals surface area contributed by atoms with Crippen LogP contribution in [0.3, 0.4) is 0 Å². The van der Waals surface area contributed by atoms with Gasteiger partial charge < -0.3 is 25.0 Å². The monoisotopic (exact) mass is 535 g/mol. The van der Waals surface area contributed by atoms with Crippen molar-refractivity contribution in [1.29, 1.82) is 0 Å². The van der Waals surface area contributed by atoms with Crippen LogP contribution in [0.2, 0.25) is 5.02 Å². The van der Waals surface area contributed by atoms with E-state index in [1.807, 2.05) is 18.2 Å². The van der Waals surface area contributed by atoms with E-state index in [0.29, 0.717) is 34.3 Å². The number of halogens is 3. The zero-order chi connectivity index (χ0) is 24.4. The lowest BCUT2D eigenvalue weighted by molar-refractivity contribution is -0.118. The third-order valence-corrected chi connectivity index (χ3v) is 6.87. The van der Waals surface area contributed by atoms with Crippen LogP contribution < -0.4 is 20.1 Å². The summed E-state index contributed by atoms with van der Waals surface area (Å²) in [6.07, 6.45) is 4.32. The van der Waals surface area contributed by atoms with Gasteiger partial charge in [-0.1, -0.05) is 17.7 Å². The SMILES string of the molecule is COc1nc2c(CCN3CCC(NCc4ccc5c(c4)NC(=O)CO5)CC3)c(Cl)cnc2cc1F.Cl. The smallest absolute Gasteiger partial charge is 0.262 e. The van der Waals surface area contributed by atoms with Crippen molar-refractivity contribution in [1.82, 2.24) is 20.2 Å². The highest BCUT2D eigenvalue weighted by Crippen LogP contribution is 2.29. The molecule has 2 N–H and O–H groups in total. The molecule has 0 saturated carbocycles. The molecule has 3 aromatic rings. The molecule has 0 aliphatic carbocycles. The predicted molar refractivity (Wildman–Crippen MR) is 139 cm³/mol. The Morgan fingerprint density at radius 3 is 2.89 bits per heavy atom. The number of hydrogen-bond acceptors (Lipinski definition) is 7. The van der Waals surface area contributed by atoms with E-state index in [4.69, 9.17) is 21.1 Å². The Hall–Kier alpha value is -2.72. The van der Waals surface area contributed by atoms with Gasteiger partial charge in [0.15, 0.2) is 12.4 Å². The van der Waals surface area contributed by atoms with Crippen molar-refractivity contribution in [2.75, 3.05) is 38.7 Å². The van der Waals surface area contributed by atoms with Crippen molar-refractivity contribution in [2.24, 2.45) is 0 Å². The average Bonchev–Trinajstić information content (AvgIpc) is 2.87. The quantitative estimate of drug-likeness (QED) is 0.473. The van der Waals surface area contributed by atoms with Crippen LogP contribution in [0.4, 0.5) is 10.1 Å². The molecule has 2 aliphatic rings. The molecule has 4 heterocycles. The third kappa shape index (κ3) is 5.81. The Balaban J connectivity index is 0.00000304. The minimum Gasteiger partial charge on any atom is -0.482 e. The highest BCUT2D eigenvalue weighted by molar-refractivity contribution is 6.32. The molecule has 8 nitrogen and oxygen atoms in total. The number of carbonyl (C=O) groups excluding carboxylic acids is 1. The largest absolute Gasteiger partial charge is 0.482 e. The molecule has 0 bridgehead atoms. The van der Waals surface area contributed by atoms with Crippen LogP contribution in [0.1, 0.15) is 24.0 Å². The second-order valence-corrected chi connectivity index (χ2v) is 9.25. The van der Waals surface area contributed by atoms with Crippen LogP contribution in [0.25, 0.3) is 11.0 Å². The van der Waals surface area contributed by atoms with E-state index in [9.17, 15) is 9.18 Å². The zero-order valence-electron chi connectivity index (χ0n) is 19.9. The number of carbonyl (C=O) groups is 1. The molecule has 0 atom stereocenters. The fourth-order valence-electron chi connectivity index (χ4n) is 4.61. The van der Waals surface area contributed by atoms with Gasteiger partial charge in [-0.15, -0.1) is 12.4 Å². The van der Waals surface area contributed by atoms with Gasteiger partial charge in [-0.2, -0.15) is 0 Å². The number of hydrogen-bond donors (Lipinski definition) is 2. The maximum absolute atomic E-state index is 14.0. The number of aromatic nitrogens is 2. The van der Waals surface area contributed by atoms with E-state index in [-0.39, 0.29) is 30.8 Å². The van der Waals surface area contributed by atoms with Crippen LogP contribution >= 0.6 is 24.0 Å². The lowest BCUT2D eigenvalue weighted by atomic mass is 10.0. The van der Waals surface area contributed by atoms with E-state index in [1.54, 1.807) is 6.20 Å². The maximum Gasteiger partial charge on any atom is 0.262 e. The maximum atomic E-state index is 14.0. The van der Waals surface area contributed by atoms with Gasteiger partial charge in [0.25, 0.3) is 11.8 Å². The van der Waals surface area contributed by atoms with Crippen LogP contribution in [0, 0.1) is 5.82 Å². The lowest BCUT2D eigenvalue weighted by Crippen LogP contribution is -2.42. The molecule has 5 rings (SSSR count). The molecule has 11 heteroatoms. The number of piperidine rings is 1. The van der Waals surface area contributed by atoms with Crippen LogP contribution in [-0.4, -0.2) is 60.2 Å². The Morgan fingerprint density at radius 1 is 1.31 bits per heavy atom. The molecule has 2 aliphatic heterocycles.